The van der Waals surface area contributed by atoms with E-state index in [4.69, 9.17) is 4.74 Å². The minimum atomic E-state index is -0.248. The topological polar surface area (TPSA) is 104 Å². The van der Waals surface area contributed by atoms with Crippen LogP contribution in [0.3, 0.4) is 0 Å². The third-order valence-electron chi connectivity index (χ3n) is 3.83. The number of aromatic nitrogens is 1. The highest BCUT2D eigenvalue weighted by Crippen LogP contribution is 2.11. The standard InChI is InChI=1S/C10H21NO2.C9H14N2.C8H18N2O/c1-7(2)13-9(12)8(3)11-10(4,5)6;1-9(2,3)11-8-5-4-6-10-7-8;1-6(7(11)9-5)10-8(2,3)4/h7-8,11H,1-6H3;4-7,11H,1-3H3;6,10H,1-5H3,(H,9,11). The number of anilines is 1. The molecular weight excluding hydrogens is 442 g/mol. The molecule has 0 saturated carbocycles. The monoisotopic (exact) mass is 495 g/mol. The molecule has 8 nitrogen and oxygen atoms in total. The van der Waals surface area contributed by atoms with Crippen molar-refractivity contribution in [1.82, 2.24) is 20.9 Å². The van der Waals surface area contributed by atoms with Crippen LogP contribution in [-0.4, -0.2) is 58.7 Å². The molecule has 1 aromatic rings. The van der Waals surface area contributed by atoms with Crippen LogP contribution >= 0.6 is 0 Å². The van der Waals surface area contributed by atoms with Crippen LogP contribution in [0.25, 0.3) is 0 Å². The van der Waals surface area contributed by atoms with E-state index in [-0.39, 0.29) is 46.7 Å². The molecule has 0 spiro atoms. The van der Waals surface area contributed by atoms with Crippen molar-refractivity contribution >= 4 is 17.6 Å². The Bertz CT molecular complexity index is 717. The van der Waals surface area contributed by atoms with Gasteiger partial charge in [-0.15, -0.1) is 0 Å². The average Bonchev–Trinajstić information content (AvgIpc) is 2.64. The number of hydrogen-bond donors (Lipinski definition) is 4. The number of pyridine rings is 1. The molecule has 0 radical (unpaired) electrons. The summed E-state index contributed by atoms with van der Waals surface area (Å²) in [5.74, 6) is -0.162. The Morgan fingerprint density at radius 2 is 1.31 bits per heavy atom. The van der Waals surface area contributed by atoms with E-state index in [2.05, 4.69) is 47.0 Å². The number of likely N-dealkylation sites (N-methyl/N-ethyl adjacent to an activating group) is 1. The van der Waals surface area contributed by atoms with Crippen LogP contribution in [0.5, 0.6) is 0 Å². The summed E-state index contributed by atoms with van der Waals surface area (Å²) in [6.07, 6.45) is 3.55. The van der Waals surface area contributed by atoms with Gasteiger partial charge in [-0.05, 0) is 102 Å². The maximum Gasteiger partial charge on any atom is 0.323 e. The van der Waals surface area contributed by atoms with Gasteiger partial charge in [0.15, 0.2) is 0 Å². The van der Waals surface area contributed by atoms with Crippen molar-refractivity contribution in [1.29, 1.82) is 0 Å². The first-order chi connectivity index (χ1) is 15.7. The number of nitrogens with one attached hydrogen (secondary N) is 4. The number of esters is 1. The summed E-state index contributed by atoms with van der Waals surface area (Å²) >= 11 is 0. The van der Waals surface area contributed by atoms with Crippen molar-refractivity contribution in [3.63, 3.8) is 0 Å². The molecule has 0 aliphatic heterocycles. The molecular formula is C27H53N5O3. The fourth-order valence-corrected chi connectivity index (χ4v) is 2.84. The zero-order valence-electron chi connectivity index (χ0n) is 24.7. The molecule has 204 valence electrons. The van der Waals surface area contributed by atoms with E-state index in [0.717, 1.165) is 5.69 Å². The van der Waals surface area contributed by atoms with Crippen molar-refractivity contribution in [3.8, 4) is 0 Å². The first kappa shape index (κ1) is 35.0. The largest absolute Gasteiger partial charge is 0.462 e. The molecule has 1 heterocycles. The number of rotatable bonds is 6. The van der Waals surface area contributed by atoms with E-state index in [1.807, 2.05) is 87.6 Å². The predicted octanol–water partition coefficient (Wildman–Crippen LogP) is 4.52. The molecule has 4 N–H and O–H groups in total. The Morgan fingerprint density at radius 3 is 1.66 bits per heavy atom. The summed E-state index contributed by atoms with van der Waals surface area (Å²) in [6.45, 7) is 25.9. The second-order valence-corrected chi connectivity index (χ2v) is 11.9. The molecule has 0 aliphatic carbocycles. The Labute approximate surface area is 214 Å². The van der Waals surface area contributed by atoms with Crippen LogP contribution in [-0.2, 0) is 14.3 Å². The highest BCUT2D eigenvalue weighted by molar-refractivity contribution is 5.81. The van der Waals surface area contributed by atoms with Gasteiger partial charge in [-0.2, -0.15) is 0 Å². The van der Waals surface area contributed by atoms with E-state index in [1.54, 1.807) is 13.2 Å². The van der Waals surface area contributed by atoms with Crippen LogP contribution in [0.2, 0.25) is 0 Å². The summed E-state index contributed by atoms with van der Waals surface area (Å²) in [4.78, 5) is 26.4. The summed E-state index contributed by atoms with van der Waals surface area (Å²) in [6, 6.07) is 3.56. The molecule has 2 atom stereocenters. The van der Waals surface area contributed by atoms with Gasteiger partial charge in [0, 0.05) is 36.1 Å². The van der Waals surface area contributed by atoms with Crippen LogP contribution in [0, 0.1) is 0 Å². The predicted molar refractivity (Wildman–Crippen MR) is 148 cm³/mol. The smallest absolute Gasteiger partial charge is 0.323 e. The molecule has 1 aromatic heterocycles. The lowest BCUT2D eigenvalue weighted by Crippen LogP contribution is -2.49. The minimum Gasteiger partial charge on any atom is -0.462 e. The van der Waals surface area contributed by atoms with Crippen molar-refractivity contribution in [2.45, 2.75) is 125 Å². The maximum absolute atomic E-state index is 11.3. The van der Waals surface area contributed by atoms with Crippen LogP contribution in [0.15, 0.2) is 24.5 Å². The van der Waals surface area contributed by atoms with E-state index in [0.29, 0.717) is 0 Å². The third-order valence-corrected chi connectivity index (χ3v) is 3.83. The number of carbonyl (C=O) groups is 2. The number of carbonyl (C=O) groups excluding carboxylic acids is 2. The fraction of sp³-hybridized carbons (Fsp3) is 0.741. The van der Waals surface area contributed by atoms with Gasteiger partial charge in [0.1, 0.15) is 6.04 Å². The van der Waals surface area contributed by atoms with Gasteiger partial charge in [-0.1, -0.05) is 0 Å². The molecule has 0 fully saturated rings. The highest BCUT2D eigenvalue weighted by Gasteiger charge is 2.21. The summed E-state index contributed by atoms with van der Waals surface area (Å²) in [5, 5.41) is 12.2. The number of amides is 1. The summed E-state index contributed by atoms with van der Waals surface area (Å²) < 4.78 is 5.06. The van der Waals surface area contributed by atoms with Gasteiger partial charge in [0.2, 0.25) is 5.91 Å². The SMILES string of the molecule is CC(C)(C)Nc1cccnc1.CC(C)OC(=O)C(C)NC(C)(C)C.CNC(=O)C(C)NC(C)(C)C. The van der Waals surface area contributed by atoms with Crippen molar-refractivity contribution in [3.05, 3.63) is 24.5 Å². The van der Waals surface area contributed by atoms with Crippen molar-refractivity contribution in [2.75, 3.05) is 12.4 Å². The Morgan fingerprint density at radius 1 is 0.829 bits per heavy atom. The maximum atomic E-state index is 11.3. The molecule has 8 heteroatoms. The first-order valence-electron chi connectivity index (χ1n) is 12.3. The Balaban J connectivity index is 0. The fourth-order valence-electron chi connectivity index (χ4n) is 2.84. The summed E-state index contributed by atoms with van der Waals surface area (Å²) in [5.41, 5.74) is 1.12. The quantitative estimate of drug-likeness (QED) is 0.430. The molecule has 35 heavy (non-hydrogen) atoms. The lowest BCUT2D eigenvalue weighted by molar-refractivity contribution is -0.150. The normalized spacial score (nSPS) is 13.3. The number of ether oxygens (including phenoxy) is 1. The Hall–Kier alpha value is -2.19. The molecule has 1 rings (SSSR count). The highest BCUT2D eigenvalue weighted by atomic mass is 16.5. The minimum absolute atomic E-state index is 0.00801. The van der Waals surface area contributed by atoms with Gasteiger partial charge >= 0.3 is 5.97 Å². The van der Waals surface area contributed by atoms with Crippen LogP contribution in [0.4, 0.5) is 5.69 Å². The molecule has 0 saturated heterocycles. The zero-order valence-corrected chi connectivity index (χ0v) is 24.7. The van der Waals surface area contributed by atoms with Gasteiger partial charge in [0.25, 0.3) is 0 Å². The van der Waals surface area contributed by atoms with Gasteiger partial charge in [-0.3, -0.25) is 19.9 Å². The Kier molecular flexibility index (Phi) is 15.7. The second kappa shape index (κ2) is 15.7. The van der Waals surface area contributed by atoms with Crippen molar-refractivity contribution in [2.24, 2.45) is 0 Å². The third kappa shape index (κ3) is 23.3. The molecule has 2 unspecified atom stereocenters. The van der Waals surface area contributed by atoms with Crippen molar-refractivity contribution < 1.29 is 14.3 Å². The molecule has 0 aliphatic rings. The van der Waals surface area contributed by atoms with E-state index < -0.39 is 0 Å². The number of hydrogen-bond acceptors (Lipinski definition) is 7. The summed E-state index contributed by atoms with van der Waals surface area (Å²) in [7, 11) is 1.64. The second-order valence-electron chi connectivity index (χ2n) is 11.9. The lowest BCUT2D eigenvalue weighted by Gasteiger charge is -2.25. The lowest BCUT2D eigenvalue weighted by atomic mass is 10.1. The average molecular weight is 496 g/mol. The molecule has 1 amide bonds. The molecule has 0 aromatic carbocycles. The van der Waals surface area contributed by atoms with Gasteiger partial charge < -0.3 is 20.7 Å². The van der Waals surface area contributed by atoms with Crippen LogP contribution in [0.1, 0.15) is 90.0 Å². The van der Waals surface area contributed by atoms with Crippen LogP contribution < -0.4 is 21.3 Å². The van der Waals surface area contributed by atoms with E-state index in [9.17, 15) is 9.59 Å². The van der Waals surface area contributed by atoms with E-state index in [1.165, 1.54) is 0 Å². The zero-order chi connectivity index (χ0) is 28.0. The molecule has 0 bridgehead atoms. The van der Waals surface area contributed by atoms with Gasteiger partial charge in [-0.25, -0.2) is 0 Å². The number of nitrogens with zero attached hydrogens (tertiary/aromatic N) is 1. The van der Waals surface area contributed by atoms with Gasteiger partial charge in [0.05, 0.1) is 17.8 Å². The van der Waals surface area contributed by atoms with E-state index >= 15 is 0 Å². The first-order valence-corrected chi connectivity index (χ1v) is 12.3.